The molecule has 1 aliphatic carbocycles. The minimum absolute atomic E-state index is 0.177. The third kappa shape index (κ3) is 3.31. The van der Waals surface area contributed by atoms with Crippen LogP contribution in [0.1, 0.15) is 24.4 Å². The quantitative estimate of drug-likeness (QED) is 0.939. The van der Waals surface area contributed by atoms with Crippen molar-refractivity contribution >= 4 is 11.8 Å². The number of pyridine rings is 1. The average molecular weight is 284 g/mol. The zero-order chi connectivity index (χ0) is 14.7. The van der Waals surface area contributed by atoms with Gasteiger partial charge in [0.25, 0.3) is 5.56 Å². The van der Waals surface area contributed by atoms with E-state index in [1.165, 1.54) is 0 Å². The van der Waals surface area contributed by atoms with Crippen molar-refractivity contribution in [2.75, 3.05) is 5.32 Å². The molecule has 108 valence electrons. The van der Waals surface area contributed by atoms with E-state index in [-0.39, 0.29) is 23.9 Å². The van der Waals surface area contributed by atoms with Crippen LogP contribution in [0.2, 0.25) is 0 Å². The number of carbonyl (C=O) groups is 1. The molecule has 0 saturated heterocycles. The van der Waals surface area contributed by atoms with Crippen molar-refractivity contribution in [1.29, 1.82) is 0 Å². The lowest BCUT2D eigenvalue weighted by molar-refractivity contribution is 0.155. The van der Waals surface area contributed by atoms with Crippen molar-refractivity contribution in [1.82, 2.24) is 4.57 Å². The topological polar surface area (TPSA) is 60.3 Å². The van der Waals surface area contributed by atoms with E-state index in [0.29, 0.717) is 0 Å². The number of nitrogens with zero attached hydrogens (tertiary/aromatic N) is 1. The second-order valence-corrected chi connectivity index (χ2v) is 5.05. The molecule has 1 heterocycles. The molecule has 5 heteroatoms. The Bertz CT molecular complexity index is 690. The molecule has 0 bridgehead atoms. The number of amides is 1. The largest absolute Gasteiger partial charge is 0.444 e. The van der Waals surface area contributed by atoms with Crippen LogP contribution in [0.25, 0.3) is 0 Å². The van der Waals surface area contributed by atoms with E-state index in [4.69, 9.17) is 4.74 Å². The summed E-state index contributed by atoms with van der Waals surface area (Å²) < 4.78 is 6.76. The van der Waals surface area contributed by atoms with E-state index in [1.54, 1.807) is 22.9 Å². The van der Waals surface area contributed by atoms with Crippen molar-refractivity contribution in [2.45, 2.75) is 25.5 Å². The molecule has 1 amide bonds. The van der Waals surface area contributed by atoms with Gasteiger partial charge in [-0.15, -0.1) is 0 Å². The highest BCUT2D eigenvalue weighted by atomic mass is 16.5. The first kappa shape index (κ1) is 13.4. The summed E-state index contributed by atoms with van der Waals surface area (Å²) in [5, 5.41) is 2.51. The van der Waals surface area contributed by atoms with Crippen molar-refractivity contribution in [2.24, 2.45) is 0 Å². The molecule has 3 rings (SSSR count). The second kappa shape index (κ2) is 5.83. The number of carbonyl (C=O) groups excluding carboxylic acids is 1. The van der Waals surface area contributed by atoms with Crippen LogP contribution in [0.15, 0.2) is 53.5 Å². The maximum atomic E-state index is 12.2. The third-order valence-electron chi connectivity index (χ3n) is 3.36. The Morgan fingerprint density at radius 2 is 1.95 bits per heavy atom. The summed E-state index contributed by atoms with van der Waals surface area (Å²) in [7, 11) is 0. The van der Waals surface area contributed by atoms with Crippen LogP contribution in [0.5, 0.6) is 0 Å². The maximum absolute atomic E-state index is 12.2. The summed E-state index contributed by atoms with van der Waals surface area (Å²) in [5.74, 6) is 0. The molecule has 21 heavy (non-hydrogen) atoms. The smallest absolute Gasteiger partial charge is 0.412 e. The minimum atomic E-state index is -0.621. The van der Waals surface area contributed by atoms with Gasteiger partial charge in [-0.25, -0.2) is 4.79 Å². The fourth-order valence-electron chi connectivity index (χ4n) is 2.11. The van der Waals surface area contributed by atoms with Crippen molar-refractivity contribution in [3.05, 3.63) is 64.6 Å². The molecule has 0 spiro atoms. The predicted octanol–water partition coefficient (Wildman–Crippen LogP) is 2.93. The number of hydrogen-bond acceptors (Lipinski definition) is 3. The zero-order valence-corrected chi connectivity index (χ0v) is 11.5. The number of hydrogen-bond donors (Lipinski definition) is 1. The fraction of sp³-hybridized carbons (Fsp3) is 0.250. The number of anilines is 1. The van der Waals surface area contributed by atoms with Gasteiger partial charge in [-0.2, -0.15) is 0 Å². The van der Waals surface area contributed by atoms with Crippen LogP contribution >= 0.6 is 0 Å². The number of aromatic nitrogens is 1. The Morgan fingerprint density at radius 1 is 1.19 bits per heavy atom. The highest BCUT2D eigenvalue weighted by Gasteiger charge is 2.25. The van der Waals surface area contributed by atoms with E-state index < -0.39 is 6.09 Å². The summed E-state index contributed by atoms with van der Waals surface area (Å²) >= 11 is 0. The second-order valence-electron chi connectivity index (χ2n) is 5.05. The number of nitrogens with one attached hydrogen (secondary N) is 1. The van der Waals surface area contributed by atoms with Crippen LogP contribution in [-0.4, -0.2) is 10.7 Å². The molecule has 2 aromatic rings. The molecule has 1 fully saturated rings. The van der Waals surface area contributed by atoms with Gasteiger partial charge in [0.1, 0.15) is 12.3 Å². The van der Waals surface area contributed by atoms with Crippen LogP contribution < -0.4 is 10.9 Å². The Hall–Kier alpha value is -2.56. The molecule has 0 aliphatic heterocycles. The van der Waals surface area contributed by atoms with E-state index >= 15 is 0 Å². The van der Waals surface area contributed by atoms with Gasteiger partial charge in [0.05, 0.1) is 0 Å². The first-order valence-electron chi connectivity index (χ1n) is 6.93. The highest BCUT2D eigenvalue weighted by Crippen LogP contribution is 2.33. The summed E-state index contributed by atoms with van der Waals surface area (Å²) in [6, 6.07) is 13.0. The lowest BCUT2D eigenvalue weighted by Gasteiger charge is -2.09. The van der Waals surface area contributed by atoms with Gasteiger partial charge in [-0.3, -0.25) is 10.1 Å². The van der Waals surface area contributed by atoms with Crippen molar-refractivity contribution in [3.63, 3.8) is 0 Å². The molecular formula is C16H16N2O3. The molecule has 0 unspecified atom stereocenters. The standard InChI is InChI=1S/C16H16N2O3/c19-15-14(7-4-10-18(15)13-8-9-13)17-16(20)21-11-12-5-2-1-3-6-12/h1-7,10,13H,8-9,11H2,(H,17,20). The Kier molecular flexibility index (Phi) is 3.73. The van der Waals surface area contributed by atoms with Gasteiger partial charge in [-0.05, 0) is 30.5 Å². The van der Waals surface area contributed by atoms with Gasteiger partial charge in [-0.1, -0.05) is 30.3 Å². The van der Waals surface area contributed by atoms with E-state index in [9.17, 15) is 9.59 Å². The normalized spacial score (nSPS) is 13.7. The van der Waals surface area contributed by atoms with Crippen molar-refractivity contribution in [3.8, 4) is 0 Å². The maximum Gasteiger partial charge on any atom is 0.412 e. The molecule has 1 N–H and O–H groups in total. The Balaban J connectivity index is 1.62. The van der Waals surface area contributed by atoms with Crippen LogP contribution in [-0.2, 0) is 11.3 Å². The average Bonchev–Trinajstić information content (AvgIpc) is 3.33. The first-order valence-corrected chi connectivity index (χ1v) is 6.93. The first-order chi connectivity index (χ1) is 10.2. The van der Waals surface area contributed by atoms with Gasteiger partial charge in [0.15, 0.2) is 0 Å². The van der Waals surface area contributed by atoms with Crippen LogP contribution in [0.3, 0.4) is 0 Å². The minimum Gasteiger partial charge on any atom is -0.444 e. The summed E-state index contributed by atoms with van der Waals surface area (Å²) in [4.78, 5) is 23.9. The third-order valence-corrected chi connectivity index (χ3v) is 3.36. The number of rotatable bonds is 4. The Labute approximate surface area is 122 Å². The van der Waals surface area contributed by atoms with E-state index in [1.807, 2.05) is 30.3 Å². The summed E-state index contributed by atoms with van der Waals surface area (Å²) in [5.41, 5.74) is 0.968. The fourth-order valence-corrected chi connectivity index (χ4v) is 2.11. The van der Waals surface area contributed by atoms with Crippen LogP contribution in [0.4, 0.5) is 10.5 Å². The molecule has 1 aromatic heterocycles. The van der Waals surface area contributed by atoms with Crippen molar-refractivity contribution < 1.29 is 9.53 Å². The molecule has 1 aromatic carbocycles. The van der Waals surface area contributed by atoms with Gasteiger partial charge in [0, 0.05) is 12.2 Å². The predicted molar refractivity (Wildman–Crippen MR) is 79.2 cm³/mol. The lowest BCUT2D eigenvalue weighted by atomic mass is 10.2. The molecule has 5 nitrogen and oxygen atoms in total. The lowest BCUT2D eigenvalue weighted by Crippen LogP contribution is -2.25. The van der Waals surface area contributed by atoms with Crippen LogP contribution in [0, 0.1) is 0 Å². The Morgan fingerprint density at radius 3 is 2.67 bits per heavy atom. The molecule has 1 aliphatic rings. The van der Waals surface area contributed by atoms with E-state index in [2.05, 4.69) is 5.32 Å². The number of benzene rings is 1. The summed E-state index contributed by atoms with van der Waals surface area (Å²) in [6.07, 6.45) is 3.16. The monoisotopic (exact) mass is 284 g/mol. The molecule has 0 radical (unpaired) electrons. The molecular weight excluding hydrogens is 268 g/mol. The zero-order valence-electron chi connectivity index (χ0n) is 11.5. The molecule has 0 atom stereocenters. The highest BCUT2D eigenvalue weighted by molar-refractivity contribution is 5.84. The van der Waals surface area contributed by atoms with Gasteiger partial charge in [0.2, 0.25) is 0 Å². The van der Waals surface area contributed by atoms with E-state index in [0.717, 1.165) is 18.4 Å². The number of ether oxygens (including phenoxy) is 1. The molecule has 1 saturated carbocycles. The van der Waals surface area contributed by atoms with Gasteiger partial charge >= 0.3 is 6.09 Å². The SMILES string of the molecule is O=C(Nc1cccn(C2CC2)c1=O)OCc1ccccc1. The summed E-state index contributed by atoms with van der Waals surface area (Å²) in [6.45, 7) is 0.177. The van der Waals surface area contributed by atoms with Gasteiger partial charge < -0.3 is 9.30 Å².